The van der Waals surface area contributed by atoms with E-state index in [9.17, 15) is 9.59 Å². The first-order valence-electron chi connectivity index (χ1n) is 7.97. The summed E-state index contributed by atoms with van der Waals surface area (Å²) in [6.45, 7) is 5.57. The molecule has 0 aliphatic heterocycles. The fourth-order valence-corrected chi connectivity index (χ4v) is 2.98. The van der Waals surface area contributed by atoms with Crippen molar-refractivity contribution in [2.24, 2.45) is 0 Å². The second-order valence-electron chi connectivity index (χ2n) is 5.72. The first-order valence-corrected chi connectivity index (χ1v) is 9.19. The number of anilines is 1. The van der Waals surface area contributed by atoms with E-state index in [4.69, 9.17) is 0 Å². The number of thioether (sulfide) groups is 1. The molecule has 0 aliphatic rings. The average Bonchev–Trinajstić information content (AvgIpc) is 2.65. The summed E-state index contributed by atoms with van der Waals surface area (Å²) in [6, 6.07) is 5.21. The van der Waals surface area contributed by atoms with Crippen LogP contribution < -0.4 is 10.7 Å². The van der Waals surface area contributed by atoms with E-state index in [-0.39, 0.29) is 11.3 Å². The Morgan fingerprint density at radius 2 is 2.08 bits per heavy atom. The minimum Gasteiger partial charge on any atom is -0.358 e. The van der Waals surface area contributed by atoms with Crippen molar-refractivity contribution >= 4 is 34.3 Å². The van der Waals surface area contributed by atoms with E-state index in [0.717, 1.165) is 11.2 Å². The molecule has 7 heteroatoms. The van der Waals surface area contributed by atoms with Crippen LogP contribution in [0.1, 0.15) is 21.6 Å². The lowest BCUT2D eigenvalue weighted by molar-refractivity contribution is 0.102. The Hall–Kier alpha value is -2.93. The largest absolute Gasteiger partial charge is 0.358 e. The molecule has 0 unspecified atom stereocenters. The van der Waals surface area contributed by atoms with Crippen molar-refractivity contribution in [3.05, 3.63) is 70.3 Å². The van der Waals surface area contributed by atoms with Crippen LogP contribution in [0.2, 0.25) is 0 Å². The lowest BCUT2D eigenvalue weighted by atomic mass is 10.1. The lowest BCUT2D eigenvalue weighted by Crippen LogP contribution is -2.15. The Bertz CT molecular complexity index is 1040. The third kappa shape index (κ3) is 3.52. The van der Waals surface area contributed by atoms with E-state index in [0.29, 0.717) is 33.8 Å². The van der Waals surface area contributed by atoms with Gasteiger partial charge in [-0.05, 0) is 37.8 Å². The molecule has 3 aromatic rings. The molecule has 0 spiro atoms. The van der Waals surface area contributed by atoms with E-state index >= 15 is 0 Å². The molecule has 3 rings (SSSR count). The molecule has 2 N–H and O–H groups in total. The SMILES string of the molecule is C=CCc1c(C)[nH]c2ccc(NC(=O)c3cnc(SC)nc3)cc2c1=O. The molecule has 0 bridgehead atoms. The third-order valence-electron chi connectivity index (χ3n) is 3.99. The predicted octanol–water partition coefficient (Wildman–Crippen LogP) is 3.33. The van der Waals surface area contributed by atoms with Crippen molar-refractivity contribution in [2.75, 3.05) is 11.6 Å². The Morgan fingerprint density at radius 3 is 2.73 bits per heavy atom. The van der Waals surface area contributed by atoms with Gasteiger partial charge in [0.15, 0.2) is 10.6 Å². The number of aromatic amines is 1. The number of hydrogen-bond acceptors (Lipinski definition) is 5. The van der Waals surface area contributed by atoms with Gasteiger partial charge in [-0.1, -0.05) is 17.8 Å². The Balaban J connectivity index is 1.94. The number of allylic oxidation sites excluding steroid dienone is 1. The molecule has 2 aromatic heterocycles. The fraction of sp³-hybridized carbons (Fsp3) is 0.158. The Kier molecular flexibility index (Phi) is 5.18. The van der Waals surface area contributed by atoms with Gasteiger partial charge in [0.2, 0.25) is 0 Å². The number of nitrogens with zero attached hydrogens (tertiary/aromatic N) is 2. The molecular weight excluding hydrogens is 348 g/mol. The minimum atomic E-state index is -0.327. The van der Waals surface area contributed by atoms with Gasteiger partial charge >= 0.3 is 0 Å². The molecule has 0 fully saturated rings. The molecular formula is C19H18N4O2S. The third-order valence-corrected chi connectivity index (χ3v) is 4.57. The molecule has 0 atom stereocenters. The van der Waals surface area contributed by atoms with Gasteiger partial charge in [-0.25, -0.2) is 9.97 Å². The van der Waals surface area contributed by atoms with Crippen LogP contribution in [-0.4, -0.2) is 27.1 Å². The van der Waals surface area contributed by atoms with Crippen LogP contribution in [0.15, 0.2) is 53.2 Å². The van der Waals surface area contributed by atoms with E-state index in [1.165, 1.54) is 24.2 Å². The highest BCUT2D eigenvalue weighted by atomic mass is 32.2. The number of carbonyl (C=O) groups excluding carboxylic acids is 1. The number of benzene rings is 1. The molecule has 6 nitrogen and oxygen atoms in total. The van der Waals surface area contributed by atoms with Crippen LogP contribution in [0.3, 0.4) is 0 Å². The highest BCUT2D eigenvalue weighted by Gasteiger charge is 2.11. The van der Waals surface area contributed by atoms with Crippen molar-refractivity contribution < 1.29 is 4.79 Å². The summed E-state index contributed by atoms with van der Waals surface area (Å²) in [5.41, 5.74) is 3.07. The molecule has 0 aliphatic carbocycles. The summed E-state index contributed by atoms with van der Waals surface area (Å²) in [5, 5.41) is 3.91. The second kappa shape index (κ2) is 7.53. The number of rotatable bonds is 5. The van der Waals surface area contributed by atoms with Gasteiger partial charge in [0.1, 0.15) is 0 Å². The predicted molar refractivity (Wildman–Crippen MR) is 105 cm³/mol. The van der Waals surface area contributed by atoms with Gasteiger partial charge in [0, 0.05) is 40.2 Å². The zero-order valence-corrected chi connectivity index (χ0v) is 15.3. The van der Waals surface area contributed by atoms with E-state index in [1.807, 2.05) is 13.2 Å². The summed E-state index contributed by atoms with van der Waals surface area (Å²) in [5.74, 6) is -0.327. The van der Waals surface area contributed by atoms with Crippen molar-refractivity contribution in [3.63, 3.8) is 0 Å². The number of amides is 1. The second-order valence-corrected chi connectivity index (χ2v) is 6.50. The summed E-state index contributed by atoms with van der Waals surface area (Å²) < 4.78 is 0. The van der Waals surface area contributed by atoms with Crippen LogP contribution in [-0.2, 0) is 6.42 Å². The van der Waals surface area contributed by atoms with Crippen molar-refractivity contribution in [3.8, 4) is 0 Å². The molecule has 0 saturated carbocycles. The minimum absolute atomic E-state index is 0.0556. The first-order chi connectivity index (χ1) is 12.5. The van der Waals surface area contributed by atoms with Crippen LogP contribution in [0.25, 0.3) is 10.9 Å². The number of aryl methyl sites for hydroxylation is 1. The molecule has 132 valence electrons. The monoisotopic (exact) mass is 366 g/mol. The van der Waals surface area contributed by atoms with Crippen LogP contribution in [0.4, 0.5) is 5.69 Å². The van der Waals surface area contributed by atoms with Gasteiger partial charge in [0.05, 0.1) is 5.56 Å². The maximum atomic E-state index is 12.7. The maximum Gasteiger partial charge on any atom is 0.258 e. The smallest absolute Gasteiger partial charge is 0.258 e. The number of pyridine rings is 1. The summed E-state index contributed by atoms with van der Waals surface area (Å²) in [4.78, 5) is 36.5. The molecule has 26 heavy (non-hydrogen) atoms. The van der Waals surface area contributed by atoms with Crippen LogP contribution >= 0.6 is 11.8 Å². The zero-order chi connectivity index (χ0) is 18.7. The van der Waals surface area contributed by atoms with Gasteiger partial charge in [-0.3, -0.25) is 9.59 Å². The number of H-pyrrole nitrogens is 1. The van der Waals surface area contributed by atoms with E-state index in [1.54, 1.807) is 24.3 Å². The van der Waals surface area contributed by atoms with Gasteiger partial charge < -0.3 is 10.3 Å². The summed E-state index contributed by atoms with van der Waals surface area (Å²) in [6.07, 6.45) is 7.02. The number of nitrogens with one attached hydrogen (secondary N) is 2. The van der Waals surface area contributed by atoms with Gasteiger partial charge in [-0.15, -0.1) is 6.58 Å². The summed E-state index contributed by atoms with van der Waals surface area (Å²) in [7, 11) is 0. The van der Waals surface area contributed by atoms with Gasteiger partial charge in [0.25, 0.3) is 5.91 Å². The Morgan fingerprint density at radius 1 is 1.35 bits per heavy atom. The summed E-state index contributed by atoms with van der Waals surface area (Å²) >= 11 is 1.40. The Labute approximate surface area is 154 Å². The maximum absolute atomic E-state index is 12.7. The van der Waals surface area contributed by atoms with Crippen molar-refractivity contribution in [2.45, 2.75) is 18.5 Å². The van der Waals surface area contributed by atoms with Crippen molar-refractivity contribution in [1.82, 2.24) is 15.0 Å². The number of fused-ring (bicyclic) bond motifs is 1. The topological polar surface area (TPSA) is 87.7 Å². The number of hydrogen-bond donors (Lipinski definition) is 2. The molecule has 2 heterocycles. The highest BCUT2D eigenvalue weighted by Crippen LogP contribution is 2.18. The number of aromatic nitrogens is 3. The normalized spacial score (nSPS) is 10.7. The molecule has 0 radical (unpaired) electrons. The van der Waals surface area contributed by atoms with Crippen LogP contribution in [0, 0.1) is 6.92 Å². The quantitative estimate of drug-likeness (QED) is 0.411. The average molecular weight is 366 g/mol. The van der Waals surface area contributed by atoms with E-state index < -0.39 is 0 Å². The molecule has 1 amide bonds. The highest BCUT2D eigenvalue weighted by molar-refractivity contribution is 7.98. The number of carbonyl (C=O) groups is 1. The van der Waals surface area contributed by atoms with Gasteiger partial charge in [-0.2, -0.15) is 0 Å². The molecule has 1 aromatic carbocycles. The van der Waals surface area contributed by atoms with Crippen molar-refractivity contribution in [1.29, 1.82) is 0 Å². The zero-order valence-electron chi connectivity index (χ0n) is 14.5. The van der Waals surface area contributed by atoms with Crippen LogP contribution in [0.5, 0.6) is 0 Å². The first kappa shape index (κ1) is 17.9. The standard InChI is InChI=1S/C19H18N4O2S/c1-4-5-14-11(2)22-16-7-6-13(8-15(16)17(14)24)23-18(25)12-9-20-19(26-3)21-10-12/h4,6-10H,1,5H2,2-3H3,(H,22,24)(H,23,25). The fourth-order valence-electron chi connectivity index (χ4n) is 2.66. The lowest BCUT2D eigenvalue weighted by Gasteiger charge is -2.09. The molecule has 0 saturated heterocycles. The van der Waals surface area contributed by atoms with E-state index in [2.05, 4.69) is 26.8 Å².